The van der Waals surface area contributed by atoms with Crippen LogP contribution in [0.4, 0.5) is 0 Å². The van der Waals surface area contributed by atoms with Crippen molar-refractivity contribution in [3.63, 3.8) is 0 Å². The number of hydrogen-bond acceptors (Lipinski definition) is 4. The topological polar surface area (TPSA) is 101 Å². The normalized spacial score (nSPS) is 21.8. The molecular weight excluding hydrogens is 318 g/mol. The summed E-state index contributed by atoms with van der Waals surface area (Å²) in [6, 6.07) is 5.73. The molecule has 1 aliphatic rings. The van der Waals surface area contributed by atoms with E-state index in [0.29, 0.717) is 37.7 Å². The number of nitrogens with one attached hydrogen (secondary N) is 1. The highest BCUT2D eigenvalue weighted by atomic mass is 32.2. The molecule has 1 fully saturated rings. The molecule has 1 aliphatic carbocycles. The number of benzene rings is 1. The van der Waals surface area contributed by atoms with Crippen molar-refractivity contribution in [2.75, 3.05) is 0 Å². The van der Waals surface area contributed by atoms with Crippen molar-refractivity contribution in [2.45, 2.75) is 50.0 Å². The van der Waals surface area contributed by atoms with Crippen LogP contribution in [-0.2, 0) is 14.8 Å². The zero-order valence-corrected chi connectivity index (χ0v) is 13.8. The van der Waals surface area contributed by atoms with Gasteiger partial charge in [0.1, 0.15) is 0 Å². The highest BCUT2D eigenvalue weighted by Crippen LogP contribution is 2.25. The van der Waals surface area contributed by atoms with E-state index >= 15 is 0 Å². The molecule has 0 radical (unpaired) electrons. The molecule has 0 unspecified atom stereocenters. The summed E-state index contributed by atoms with van der Waals surface area (Å²) in [5, 5.41) is 8.97. The molecule has 0 aliphatic heterocycles. The Morgan fingerprint density at radius 2 is 1.87 bits per heavy atom. The van der Waals surface area contributed by atoms with Crippen molar-refractivity contribution in [2.24, 2.45) is 5.92 Å². The third kappa shape index (κ3) is 4.39. The van der Waals surface area contributed by atoms with Gasteiger partial charge in [-0.3, -0.25) is 9.59 Å². The first-order valence-electron chi connectivity index (χ1n) is 7.72. The Morgan fingerprint density at radius 1 is 1.22 bits per heavy atom. The summed E-state index contributed by atoms with van der Waals surface area (Å²) in [5.41, 5.74) is 0.380. The summed E-state index contributed by atoms with van der Waals surface area (Å²) in [4.78, 5) is 22.7. The zero-order valence-electron chi connectivity index (χ0n) is 13.0. The van der Waals surface area contributed by atoms with E-state index in [1.165, 1.54) is 12.1 Å². The molecule has 0 amide bonds. The van der Waals surface area contributed by atoms with Crippen LogP contribution in [0.1, 0.15) is 49.4 Å². The maximum absolute atomic E-state index is 12.4. The quantitative estimate of drug-likeness (QED) is 0.774. The number of rotatable bonds is 6. The van der Waals surface area contributed by atoms with Crippen molar-refractivity contribution >= 4 is 21.8 Å². The van der Waals surface area contributed by atoms with E-state index in [9.17, 15) is 18.0 Å². The van der Waals surface area contributed by atoms with E-state index in [1.54, 1.807) is 19.1 Å². The third-order valence-electron chi connectivity index (χ3n) is 4.19. The molecule has 0 saturated heterocycles. The van der Waals surface area contributed by atoms with E-state index in [-0.39, 0.29) is 22.6 Å². The number of carbonyl (C=O) groups is 2. The lowest BCUT2D eigenvalue weighted by Gasteiger charge is -2.26. The molecule has 1 aromatic rings. The average Bonchev–Trinajstić information content (AvgIpc) is 2.54. The van der Waals surface area contributed by atoms with Gasteiger partial charge in [-0.15, -0.1) is 0 Å². The standard InChI is InChI=1S/C16H21NO5S/c1-2-15(18)12-4-3-5-14(10-12)23(21,22)17-13-8-6-11(7-9-13)16(19)20/h3-5,10-11,13,17H,2,6-9H2,1H3,(H,19,20). The van der Waals surface area contributed by atoms with E-state index in [1.807, 2.05) is 0 Å². The van der Waals surface area contributed by atoms with E-state index in [0.717, 1.165) is 0 Å². The van der Waals surface area contributed by atoms with Crippen LogP contribution in [0.3, 0.4) is 0 Å². The molecule has 0 atom stereocenters. The van der Waals surface area contributed by atoms with Crippen molar-refractivity contribution in [1.29, 1.82) is 0 Å². The Hall–Kier alpha value is -1.73. The van der Waals surface area contributed by atoms with Crippen molar-refractivity contribution in [3.05, 3.63) is 29.8 Å². The lowest BCUT2D eigenvalue weighted by atomic mass is 9.87. The smallest absolute Gasteiger partial charge is 0.306 e. The molecular formula is C16H21NO5S. The van der Waals surface area contributed by atoms with Crippen LogP contribution in [0.15, 0.2) is 29.2 Å². The molecule has 2 N–H and O–H groups in total. The average molecular weight is 339 g/mol. The van der Waals surface area contributed by atoms with Gasteiger partial charge in [0.2, 0.25) is 10.0 Å². The van der Waals surface area contributed by atoms with Gasteiger partial charge in [-0.05, 0) is 37.8 Å². The predicted molar refractivity (Wildman–Crippen MR) is 84.8 cm³/mol. The Morgan fingerprint density at radius 3 is 2.43 bits per heavy atom. The van der Waals surface area contributed by atoms with Gasteiger partial charge in [0.15, 0.2) is 5.78 Å². The first kappa shape index (κ1) is 17.6. The van der Waals surface area contributed by atoms with Crippen molar-refractivity contribution < 1.29 is 23.1 Å². The van der Waals surface area contributed by atoms with E-state index in [2.05, 4.69) is 4.72 Å². The molecule has 0 heterocycles. The van der Waals surface area contributed by atoms with E-state index in [4.69, 9.17) is 5.11 Å². The number of carbonyl (C=O) groups excluding carboxylic acids is 1. The zero-order chi connectivity index (χ0) is 17.0. The largest absolute Gasteiger partial charge is 0.481 e. The first-order chi connectivity index (χ1) is 10.8. The minimum atomic E-state index is -3.71. The summed E-state index contributed by atoms with van der Waals surface area (Å²) in [5.74, 6) is -1.32. The van der Waals surface area contributed by atoms with Crippen LogP contribution in [0.25, 0.3) is 0 Å². The highest BCUT2D eigenvalue weighted by molar-refractivity contribution is 7.89. The van der Waals surface area contributed by atoms with Gasteiger partial charge in [-0.2, -0.15) is 0 Å². The fourth-order valence-electron chi connectivity index (χ4n) is 2.79. The van der Waals surface area contributed by atoms with Crippen molar-refractivity contribution in [3.8, 4) is 0 Å². The fourth-order valence-corrected chi connectivity index (χ4v) is 4.14. The Bertz CT molecular complexity index is 690. The summed E-state index contributed by atoms with van der Waals surface area (Å²) >= 11 is 0. The Balaban J connectivity index is 2.08. The molecule has 1 saturated carbocycles. The predicted octanol–water partition coefficient (Wildman–Crippen LogP) is 2.20. The molecule has 0 bridgehead atoms. The number of hydrogen-bond donors (Lipinski definition) is 2. The minimum absolute atomic E-state index is 0.0668. The molecule has 6 nitrogen and oxygen atoms in total. The second-order valence-corrected chi connectivity index (χ2v) is 7.53. The molecule has 2 rings (SSSR count). The van der Waals surface area contributed by atoms with Gasteiger partial charge in [0, 0.05) is 18.0 Å². The summed E-state index contributed by atoms with van der Waals surface area (Å²) in [7, 11) is -3.71. The summed E-state index contributed by atoms with van der Waals surface area (Å²) < 4.78 is 27.5. The van der Waals surface area contributed by atoms with E-state index < -0.39 is 16.0 Å². The van der Waals surface area contributed by atoms with Gasteiger partial charge in [-0.1, -0.05) is 19.1 Å². The minimum Gasteiger partial charge on any atom is -0.481 e. The van der Waals surface area contributed by atoms with Crippen LogP contribution < -0.4 is 4.72 Å². The number of carboxylic acids is 1. The summed E-state index contributed by atoms with van der Waals surface area (Å²) in [6.45, 7) is 1.72. The van der Waals surface area contributed by atoms with Crippen LogP contribution in [0, 0.1) is 5.92 Å². The van der Waals surface area contributed by atoms with Gasteiger partial charge in [0.25, 0.3) is 0 Å². The maximum atomic E-state index is 12.4. The summed E-state index contributed by atoms with van der Waals surface area (Å²) in [6.07, 6.45) is 2.26. The monoisotopic (exact) mass is 339 g/mol. The number of Topliss-reactive ketones (excluding diaryl/α,β-unsaturated/α-hetero) is 1. The molecule has 23 heavy (non-hydrogen) atoms. The van der Waals surface area contributed by atoms with Crippen molar-refractivity contribution in [1.82, 2.24) is 4.72 Å². The Labute approximate surface area is 136 Å². The SMILES string of the molecule is CCC(=O)c1cccc(S(=O)(=O)NC2CCC(C(=O)O)CC2)c1. The molecule has 1 aromatic carbocycles. The Kier molecular flexibility index (Phi) is 5.54. The molecule has 0 aromatic heterocycles. The third-order valence-corrected chi connectivity index (χ3v) is 5.70. The van der Waals surface area contributed by atoms with Gasteiger partial charge >= 0.3 is 5.97 Å². The van der Waals surface area contributed by atoms with Crippen LogP contribution in [0.2, 0.25) is 0 Å². The number of sulfonamides is 1. The highest BCUT2D eigenvalue weighted by Gasteiger charge is 2.29. The lowest BCUT2D eigenvalue weighted by molar-refractivity contribution is -0.142. The number of aliphatic carboxylic acids is 1. The van der Waals surface area contributed by atoms with Crippen LogP contribution in [0.5, 0.6) is 0 Å². The lowest BCUT2D eigenvalue weighted by Crippen LogP contribution is -2.38. The van der Waals surface area contributed by atoms with Crippen LogP contribution in [-0.4, -0.2) is 31.3 Å². The second kappa shape index (κ2) is 7.23. The van der Waals surface area contributed by atoms with Gasteiger partial charge < -0.3 is 5.11 Å². The fraction of sp³-hybridized carbons (Fsp3) is 0.500. The molecule has 7 heteroatoms. The van der Waals surface area contributed by atoms with Gasteiger partial charge in [0.05, 0.1) is 10.8 Å². The van der Waals surface area contributed by atoms with Crippen LogP contribution >= 0.6 is 0 Å². The second-order valence-electron chi connectivity index (χ2n) is 5.81. The maximum Gasteiger partial charge on any atom is 0.306 e. The molecule has 0 spiro atoms. The van der Waals surface area contributed by atoms with Gasteiger partial charge in [-0.25, -0.2) is 13.1 Å². The first-order valence-corrected chi connectivity index (χ1v) is 9.20. The molecule has 126 valence electrons. The number of ketones is 1. The number of carboxylic acid groups (broad SMARTS) is 1.